The van der Waals surface area contributed by atoms with Crippen LogP contribution in [0.5, 0.6) is 0 Å². The molecule has 0 heterocycles. The van der Waals surface area contributed by atoms with Gasteiger partial charge in [-0.3, -0.25) is 28.8 Å². The minimum atomic E-state index is -0.979. The molecule has 170 valence electrons. The van der Waals surface area contributed by atoms with Crippen molar-refractivity contribution >= 4 is 35.8 Å². The summed E-state index contributed by atoms with van der Waals surface area (Å²) in [6.07, 6.45) is -2.62. The Bertz CT molecular complexity index is 573. The average Bonchev–Trinajstić information content (AvgIpc) is 2.63. The molecule has 30 heavy (non-hydrogen) atoms. The molecule has 12 nitrogen and oxygen atoms in total. The van der Waals surface area contributed by atoms with E-state index >= 15 is 0 Å². The Labute approximate surface area is 173 Å². The van der Waals surface area contributed by atoms with Gasteiger partial charge in [0.2, 0.25) is 0 Å². The van der Waals surface area contributed by atoms with Crippen molar-refractivity contribution in [3.05, 3.63) is 0 Å². The van der Waals surface area contributed by atoms with Crippen molar-refractivity contribution in [2.45, 2.75) is 52.7 Å². The maximum atomic E-state index is 11.7. The second-order valence-corrected chi connectivity index (χ2v) is 5.93. The molecule has 0 saturated heterocycles. The fourth-order valence-electron chi connectivity index (χ4n) is 1.84. The third kappa shape index (κ3) is 15.8. The van der Waals surface area contributed by atoms with Crippen LogP contribution in [-0.4, -0.2) is 74.5 Å². The molecule has 0 aromatic heterocycles. The number of ether oxygens (including phenoxy) is 6. The van der Waals surface area contributed by atoms with E-state index in [-0.39, 0.29) is 39.3 Å². The fourth-order valence-corrected chi connectivity index (χ4v) is 1.84. The van der Waals surface area contributed by atoms with Gasteiger partial charge in [0.25, 0.3) is 0 Å². The Kier molecular flexibility index (Phi) is 13.2. The maximum Gasteiger partial charge on any atom is 0.306 e. The summed E-state index contributed by atoms with van der Waals surface area (Å²) in [7, 11) is 0. The molecule has 0 saturated carbocycles. The zero-order valence-electron chi connectivity index (χ0n) is 17.3. The molecule has 0 rings (SSSR count). The zero-order valence-corrected chi connectivity index (χ0v) is 17.3. The first-order chi connectivity index (χ1) is 14.0. The Balaban J connectivity index is 4.31. The minimum absolute atomic E-state index is 0.288. The fraction of sp³-hybridized carbons (Fsp3) is 0.667. The molecule has 0 aliphatic heterocycles. The average molecular weight is 434 g/mol. The van der Waals surface area contributed by atoms with Crippen molar-refractivity contribution in [2.24, 2.45) is 0 Å². The Hall–Kier alpha value is -3.18. The van der Waals surface area contributed by atoms with E-state index in [1.807, 2.05) is 0 Å². The highest BCUT2D eigenvalue weighted by molar-refractivity contribution is 5.77. The van der Waals surface area contributed by atoms with Crippen LogP contribution in [0.4, 0.5) is 0 Å². The first kappa shape index (κ1) is 26.8. The normalized spacial score (nSPS) is 12.0. The first-order valence-electron chi connectivity index (χ1n) is 8.92. The van der Waals surface area contributed by atoms with Crippen LogP contribution in [0.2, 0.25) is 0 Å². The Morgan fingerprint density at radius 1 is 0.500 bits per heavy atom. The van der Waals surface area contributed by atoms with Crippen LogP contribution in [0.15, 0.2) is 0 Å². The molecule has 2 unspecified atom stereocenters. The number of hydrogen-bond donors (Lipinski definition) is 0. The molecule has 0 aromatic carbocycles. The molecular weight excluding hydrogens is 408 g/mol. The zero-order chi connectivity index (χ0) is 23.1. The van der Waals surface area contributed by atoms with E-state index in [1.165, 1.54) is 13.8 Å². The van der Waals surface area contributed by atoms with Gasteiger partial charge in [-0.05, 0) is 0 Å². The van der Waals surface area contributed by atoms with Crippen LogP contribution in [0.3, 0.4) is 0 Å². The van der Waals surface area contributed by atoms with Crippen molar-refractivity contribution in [1.29, 1.82) is 0 Å². The SMILES string of the molecule is CC(=O)OCC(COC(=O)CCC(=O)OCC(COC(C)=O)OC(C)=O)OC(C)=O. The van der Waals surface area contributed by atoms with Crippen LogP contribution < -0.4 is 0 Å². The molecule has 0 aliphatic rings. The number of carbonyl (C=O) groups is 6. The molecular formula is C18H26O12. The van der Waals surface area contributed by atoms with E-state index in [0.29, 0.717) is 0 Å². The number of carbonyl (C=O) groups excluding carboxylic acids is 6. The summed E-state index contributed by atoms with van der Waals surface area (Å²) in [5, 5.41) is 0. The third-order valence-corrected chi connectivity index (χ3v) is 3.00. The standard InChI is InChI=1S/C18H26O12/c1-11(19)25-7-15(29-13(3)21)9-27-17(23)5-6-18(24)28-10-16(30-14(4)22)8-26-12(2)20/h15-16H,5-10H2,1-4H3. The van der Waals surface area contributed by atoms with E-state index in [4.69, 9.17) is 28.4 Å². The summed E-state index contributed by atoms with van der Waals surface area (Å²) in [5.41, 5.74) is 0. The molecule has 0 aromatic rings. The van der Waals surface area contributed by atoms with E-state index in [2.05, 4.69) is 0 Å². The predicted octanol–water partition coefficient (Wildman–Crippen LogP) is -0.157. The lowest BCUT2D eigenvalue weighted by Crippen LogP contribution is -2.30. The van der Waals surface area contributed by atoms with Gasteiger partial charge >= 0.3 is 35.8 Å². The summed E-state index contributed by atoms with van der Waals surface area (Å²) in [5.74, 6) is -4.04. The minimum Gasteiger partial charge on any atom is -0.462 e. The smallest absolute Gasteiger partial charge is 0.306 e. The predicted molar refractivity (Wildman–Crippen MR) is 95.5 cm³/mol. The van der Waals surface area contributed by atoms with Gasteiger partial charge in [-0.25, -0.2) is 0 Å². The molecule has 0 amide bonds. The van der Waals surface area contributed by atoms with E-state index in [0.717, 1.165) is 13.8 Å². The second-order valence-electron chi connectivity index (χ2n) is 5.93. The van der Waals surface area contributed by atoms with Gasteiger partial charge in [-0.2, -0.15) is 0 Å². The second kappa shape index (κ2) is 14.8. The molecule has 0 N–H and O–H groups in total. The molecule has 0 radical (unpaired) electrons. The van der Waals surface area contributed by atoms with Gasteiger partial charge in [-0.1, -0.05) is 0 Å². The van der Waals surface area contributed by atoms with Crippen molar-refractivity contribution < 1.29 is 57.2 Å². The summed E-state index contributed by atoms with van der Waals surface area (Å²) < 4.78 is 28.9. The lowest BCUT2D eigenvalue weighted by atomic mass is 10.3. The summed E-state index contributed by atoms with van der Waals surface area (Å²) in [4.78, 5) is 67.1. The molecule has 2 atom stereocenters. The highest BCUT2D eigenvalue weighted by Gasteiger charge is 2.19. The Morgan fingerprint density at radius 2 is 0.800 bits per heavy atom. The van der Waals surface area contributed by atoms with Gasteiger partial charge < -0.3 is 28.4 Å². The monoisotopic (exact) mass is 434 g/mol. The molecule has 0 fully saturated rings. The van der Waals surface area contributed by atoms with Gasteiger partial charge in [0.05, 0.1) is 12.8 Å². The lowest BCUT2D eigenvalue weighted by Gasteiger charge is -2.17. The quantitative estimate of drug-likeness (QED) is 0.279. The molecule has 0 aliphatic carbocycles. The van der Waals surface area contributed by atoms with Crippen LogP contribution >= 0.6 is 0 Å². The summed E-state index contributed by atoms with van der Waals surface area (Å²) in [6, 6.07) is 0. The third-order valence-electron chi connectivity index (χ3n) is 3.00. The van der Waals surface area contributed by atoms with Crippen molar-refractivity contribution in [2.75, 3.05) is 26.4 Å². The summed E-state index contributed by atoms with van der Waals surface area (Å²) in [6.45, 7) is 3.32. The van der Waals surface area contributed by atoms with E-state index in [9.17, 15) is 28.8 Å². The number of hydrogen-bond acceptors (Lipinski definition) is 12. The van der Waals surface area contributed by atoms with Crippen molar-refractivity contribution in [3.63, 3.8) is 0 Å². The van der Waals surface area contributed by atoms with Crippen LogP contribution in [0.1, 0.15) is 40.5 Å². The van der Waals surface area contributed by atoms with Crippen LogP contribution in [0, 0.1) is 0 Å². The first-order valence-corrected chi connectivity index (χ1v) is 8.92. The maximum absolute atomic E-state index is 11.7. The van der Waals surface area contributed by atoms with Gasteiger partial charge in [-0.15, -0.1) is 0 Å². The number of esters is 6. The molecule has 0 spiro atoms. The molecule has 12 heteroatoms. The van der Waals surface area contributed by atoms with Gasteiger partial charge in [0.15, 0.2) is 12.2 Å². The highest BCUT2D eigenvalue weighted by Crippen LogP contribution is 2.03. The largest absolute Gasteiger partial charge is 0.462 e. The van der Waals surface area contributed by atoms with Crippen molar-refractivity contribution in [1.82, 2.24) is 0 Å². The molecule has 0 bridgehead atoms. The van der Waals surface area contributed by atoms with E-state index in [1.54, 1.807) is 0 Å². The van der Waals surface area contributed by atoms with Gasteiger partial charge in [0, 0.05) is 27.7 Å². The van der Waals surface area contributed by atoms with Crippen molar-refractivity contribution in [3.8, 4) is 0 Å². The highest BCUT2D eigenvalue weighted by atomic mass is 16.6. The van der Waals surface area contributed by atoms with Crippen LogP contribution in [-0.2, 0) is 57.2 Å². The topological polar surface area (TPSA) is 158 Å². The van der Waals surface area contributed by atoms with E-state index < -0.39 is 48.0 Å². The van der Waals surface area contributed by atoms with Crippen LogP contribution in [0.25, 0.3) is 0 Å². The van der Waals surface area contributed by atoms with Gasteiger partial charge in [0.1, 0.15) is 26.4 Å². The number of rotatable bonds is 13. The lowest BCUT2D eigenvalue weighted by molar-refractivity contribution is -0.166. The summed E-state index contributed by atoms with van der Waals surface area (Å²) >= 11 is 0. The Morgan fingerprint density at radius 3 is 1.07 bits per heavy atom.